The van der Waals surface area contributed by atoms with E-state index in [2.05, 4.69) is 21.4 Å². The Kier molecular flexibility index (Phi) is 5.48. The van der Waals surface area contributed by atoms with Gasteiger partial charge in [-0.05, 0) is 18.9 Å². The molecule has 7 heteroatoms. The first kappa shape index (κ1) is 16.9. The SMILES string of the molecule is N#CC1(NC(=O)CN2CCO[C@H](Cn3cccn3)C2)CCCCC1. The zero-order valence-corrected chi connectivity index (χ0v) is 14.0. The Morgan fingerprint density at radius 3 is 2.96 bits per heavy atom. The van der Waals surface area contributed by atoms with Gasteiger partial charge in [0.1, 0.15) is 5.54 Å². The minimum absolute atomic E-state index is 0.0334. The molecule has 0 radical (unpaired) electrons. The fourth-order valence-electron chi connectivity index (χ4n) is 3.58. The molecule has 2 aliphatic rings. The van der Waals surface area contributed by atoms with Crippen molar-refractivity contribution >= 4 is 5.91 Å². The van der Waals surface area contributed by atoms with Crippen LogP contribution in [0.5, 0.6) is 0 Å². The predicted octanol–water partition coefficient (Wildman–Crippen LogP) is 0.927. The van der Waals surface area contributed by atoms with Gasteiger partial charge in [-0.1, -0.05) is 19.3 Å². The van der Waals surface area contributed by atoms with Gasteiger partial charge in [-0.15, -0.1) is 0 Å². The fourth-order valence-corrected chi connectivity index (χ4v) is 3.58. The van der Waals surface area contributed by atoms with Crippen molar-refractivity contribution in [1.82, 2.24) is 20.0 Å². The third-order valence-electron chi connectivity index (χ3n) is 4.84. The van der Waals surface area contributed by atoms with E-state index in [1.54, 1.807) is 6.20 Å². The van der Waals surface area contributed by atoms with Crippen molar-refractivity contribution in [3.63, 3.8) is 0 Å². The number of amides is 1. The molecule has 0 bridgehead atoms. The Morgan fingerprint density at radius 2 is 2.25 bits per heavy atom. The minimum Gasteiger partial charge on any atom is -0.374 e. The third kappa shape index (κ3) is 4.34. The van der Waals surface area contributed by atoms with Crippen LogP contribution in [0.25, 0.3) is 0 Å². The van der Waals surface area contributed by atoms with E-state index in [4.69, 9.17) is 4.74 Å². The van der Waals surface area contributed by atoms with E-state index in [9.17, 15) is 10.1 Å². The zero-order valence-electron chi connectivity index (χ0n) is 14.0. The molecule has 7 nitrogen and oxygen atoms in total. The topological polar surface area (TPSA) is 83.2 Å². The summed E-state index contributed by atoms with van der Waals surface area (Å²) in [5, 5.41) is 16.7. The van der Waals surface area contributed by atoms with E-state index < -0.39 is 5.54 Å². The number of ether oxygens (including phenoxy) is 1. The second-order valence-electron chi connectivity index (χ2n) is 6.76. The Labute approximate surface area is 142 Å². The Morgan fingerprint density at radius 1 is 1.42 bits per heavy atom. The van der Waals surface area contributed by atoms with Gasteiger partial charge in [0.15, 0.2) is 0 Å². The Hall–Kier alpha value is -1.91. The molecule has 2 heterocycles. The summed E-state index contributed by atoms with van der Waals surface area (Å²) in [6, 6.07) is 4.23. The second kappa shape index (κ2) is 7.77. The number of nitrogens with zero attached hydrogens (tertiary/aromatic N) is 4. The maximum atomic E-state index is 12.4. The summed E-state index contributed by atoms with van der Waals surface area (Å²) < 4.78 is 7.62. The summed E-state index contributed by atoms with van der Waals surface area (Å²) in [6.45, 7) is 3.06. The van der Waals surface area contributed by atoms with Gasteiger partial charge in [0.25, 0.3) is 0 Å². The summed E-state index contributed by atoms with van der Waals surface area (Å²) >= 11 is 0. The first-order valence-electron chi connectivity index (χ1n) is 8.73. The molecular formula is C17H25N5O2. The van der Waals surface area contributed by atoms with Crippen LogP contribution in [0.1, 0.15) is 32.1 Å². The molecule has 1 N–H and O–H groups in total. The molecule has 1 amide bonds. The van der Waals surface area contributed by atoms with Crippen LogP contribution in [0.2, 0.25) is 0 Å². The van der Waals surface area contributed by atoms with Crippen molar-refractivity contribution in [2.45, 2.75) is 50.3 Å². The molecule has 130 valence electrons. The lowest BCUT2D eigenvalue weighted by molar-refractivity contribution is -0.126. The van der Waals surface area contributed by atoms with E-state index in [0.29, 0.717) is 26.2 Å². The Balaban J connectivity index is 1.49. The molecule has 1 aliphatic heterocycles. The number of hydrogen-bond donors (Lipinski definition) is 1. The quantitative estimate of drug-likeness (QED) is 0.868. The number of rotatable bonds is 5. The normalized spacial score (nSPS) is 24.2. The average Bonchev–Trinajstić information content (AvgIpc) is 3.09. The summed E-state index contributed by atoms with van der Waals surface area (Å²) in [5.74, 6) is -0.0572. The van der Waals surface area contributed by atoms with Crippen LogP contribution < -0.4 is 5.32 Å². The monoisotopic (exact) mass is 331 g/mol. The van der Waals surface area contributed by atoms with Crippen molar-refractivity contribution in [1.29, 1.82) is 5.26 Å². The van der Waals surface area contributed by atoms with Gasteiger partial charge in [0, 0.05) is 25.5 Å². The van der Waals surface area contributed by atoms with Crippen molar-refractivity contribution in [3.8, 4) is 6.07 Å². The van der Waals surface area contributed by atoms with Gasteiger partial charge >= 0.3 is 0 Å². The van der Waals surface area contributed by atoms with Gasteiger partial charge in [0.2, 0.25) is 5.91 Å². The highest BCUT2D eigenvalue weighted by atomic mass is 16.5. The van der Waals surface area contributed by atoms with E-state index in [1.807, 2.05) is 16.9 Å². The molecule has 2 fully saturated rings. The molecule has 1 aromatic heterocycles. The average molecular weight is 331 g/mol. The lowest BCUT2D eigenvalue weighted by Gasteiger charge is -2.35. The number of carbonyl (C=O) groups is 1. The number of morpholine rings is 1. The van der Waals surface area contributed by atoms with Gasteiger partial charge in [-0.3, -0.25) is 14.4 Å². The van der Waals surface area contributed by atoms with Crippen LogP contribution in [0.3, 0.4) is 0 Å². The molecule has 0 spiro atoms. The number of carbonyl (C=O) groups excluding carboxylic acids is 1. The molecule has 1 aromatic rings. The second-order valence-corrected chi connectivity index (χ2v) is 6.76. The molecule has 24 heavy (non-hydrogen) atoms. The van der Waals surface area contributed by atoms with Crippen molar-refractivity contribution in [2.24, 2.45) is 0 Å². The van der Waals surface area contributed by atoms with E-state index >= 15 is 0 Å². The number of nitrogens with one attached hydrogen (secondary N) is 1. The number of aromatic nitrogens is 2. The number of nitriles is 1. The standard InChI is InChI=1S/C17H25N5O2/c18-14-17(5-2-1-3-6-17)20-16(23)13-21-9-10-24-15(11-21)12-22-8-4-7-19-22/h4,7-8,15H,1-3,5-6,9-13H2,(H,20,23)/t15-/m0/s1. The van der Waals surface area contributed by atoms with Crippen molar-refractivity contribution in [2.75, 3.05) is 26.2 Å². The van der Waals surface area contributed by atoms with Gasteiger partial charge in [0.05, 0.1) is 31.9 Å². The fraction of sp³-hybridized carbons (Fsp3) is 0.706. The molecule has 0 aromatic carbocycles. The molecular weight excluding hydrogens is 306 g/mol. The maximum absolute atomic E-state index is 12.4. The molecule has 1 aliphatic carbocycles. The van der Waals surface area contributed by atoms with Crippen LogP contribution >= 0.6 is 0 Å². The zero-order chi connectivity index (χ0) is 16.8. The highest BCUT2D eigenvalue weighted by molar-refractivity contribution is 5.79. The molecule has 1 atom stereocenters. The first-order valence-corrected chi connectivity index (χ1v) is 8.73. The van der Waals surface area contributed by atoms with Crippen molar-refractivity contribution in [3.05, 3.63) is 18.5 Å². The lowest BCUT2D eigenvalue weighted by Crippen LogP contribution is -2.54. The predicted molar refractivity (Wildman–Crippen MR) is 88.0 cm³/mol. The van der Waals surface area contributed by atoms with E-state index in [-0.39, 0.29) is 12.0 Å². The van der Waals surface area contributed by atoms with Gasteiger partial charge < -0.3 is 10.1 Å². The minimum atomic E-state index is -0.657. The van der Waals surface area contributed by atoms with Crippen LogP contribution in [-0.4, -0.2) is 58.5 Å². The molecule has 1 saturated heterocycles. The molecule has 3 rings (SSSR count). The van der Waals surface area contributed by atoms with Gasteiger partial charge in [-0.2, -0.15) is 10.4 Å². The Bertz CT molecular complexity index is 574. The molecule has 1 saturated carbocycles. The van der Waals surface area contributed by atoms with E-state index in [1.165, 1.54) is 0 Å². The highest BCUT2D eigenvalue weighted by Gasteiger charge is 2.34. The molecule has 0 unspecified atom stereocenters. The summed E-state index contributed by atoms with van der Waals surface area (Å²) in [7, 11) is 0. The van der Waals surface area contributed by atoms with Crippen LogP contribution in [0.15, 0.2) is 18.5 Å². The number of hydrogen-bond acceptors (Lipinski definition) is 5. The summed E-state index contributed by atoms with van der Waals surface area (Å²) in [6.07, 6.45) is 8.40. The van der Waals surface area contributed by atoms with Gasteiger partial charge in [-0.25, -0.2) is 0 Å². The van der Waals surface area contributed by atoms with Crippen molar-refractivity contribution < 1.29 is 9.53 Å². The first-order chi connectivity index (χ1) is 11.7. The largest absolute Gasteiger partial charge is 0.374 e. The van der Waals surface area contributed by atoms with E-state index in [0.717, 1.165) is 38.6 Å². The summed E-state index contributed by atoms with van der Waals surface area (Å²) in [4.78, 5) is 14.5. The van der Waals surface area contributed by atoms with Crippen LogP contribution in [0, 0.1) is 11.3 Å². The van der Waals surface area contributed by atoms with Crippen LogP contribution in [0.4, 0.5) is 0 Å². The van der Waals surface area contributed by atoms with Crippen LogP contribution in [-0.2, 0) is 16.1 Å². The third-order valence-corrected chi connectivity index (χ3v) is 4.84. The maximum Gasteiger partial charge on any atom is 0.235 e. The lowest BCUT2D eigenvalue weighted by atomic mass is 9.83. The smallest absolute Gasteiger partial charge is 0.235 e. The highest BCUT2D eigenvalue weighted by Crippen LogP contribution is 2.27. The summed E-state index contributed by atoms with van der Waals surface area (Å²) in [5.41, 5.74) is -0.657.